The van der Waals surface area contributed by atoms with Crippen LogP contribution < -0.4 is 11.1 Å². The summed E-state index contributed by atoms with van der Waals surface area (Å²) in [5, 5.41) is 2.93. The zero-order valence-electron chi connectivity index (χ0n) is 12.2. The highest BCUT2D eigenvalue weighted by Gasteiger charge is 2.18. The second-order valence-corrected chi connectivity index (χ2v) is 7.16. The molecule has 1 amide bonds. The lowest BCUT2D eigenvalue weighted by Crippen LogP contribution is -2.49. The molecule has 0 radical (unpaired) electrons. The number of nitrogens with one attached hydrogen (secondary N) is 1. The highest BCUT2D eigenvalue weighted by molar-refractivity contribution is 9.10. The summed E-state index contributed by atoms with van der Waals surface area (Å²) in [5.74, 6) is 0.422. The molecule has 0 aromatic heterocycles. The number of nitrogens with two attached hydrogens (primary N) is 1. The van der Waals surface area contributed by atoms with E-state index in [4.69, 9.17) is 5.73 Å². The van der Waals surface area contributed by atoms with E-state index in [0.717, 1.165) is 9.37 Å². The summed E-state index contributed by atoms with van der Waals surface area (Å²) in [4.78, 5) is 13.0. The lowest BCUT2D eigenvalue weighted by molar-refractivity contribution is -0.120. The van der Waals surface area contributed by atoms with Crippen molar-refractivity contribution in [2.24, 2.45) is 5.73 Å². The van der Waals surface area contributed by atoms with Crippen molar-refractivity contribution in [3.63, 3.8) is 0 Å². The number of rotatable bonds is 5. The van der Waals surface area contributed by atoms with Crippen molar-refractivity contribution >= 4 is 46.0 Å². The van der Waals surface area contributed by atoms with Crippen LogP contribution >= 0.6 is 40.1 Å². The molecule has 0 aliphatic heterocycles. The third kappa shape index (κ3) is 6.04. The molecule has 3 nitrogen and oxygen atoms in total. The van der Waals surface area contributed by atoms with E-state index in [1.54, 1.807) is 11.8 Å². The Bertz CT molecular complexity index is 480. The molecule has 1 aromatic carbocycles. The Morgan fingerprint density at radius 3 is 2.50 bits per heavy atom. The zero-order chi connectivity index (χ0) is 14.6. The molecule has 0 saturated heterocycles. The number of thioether (sulfide) groups is 1. The molecule has 3 N–H and O–H groups in total. The lowest BCUT2D eigenvalue weighted by atomic mass is 10.1. The van der Waals surface area contributed by atoms with Crippen LogP contribution in [0.3, 0.4) is 0 Å². The number of halogens is 2. The third-order valence-corrected chi connectivity index (χ3v) is 4.81. The molecule has 0 aliphatic carbocycles. The normalized spacial score (nSPS) is 10.9. The van der Waals surface area contributed by atoms with Gasteiger partial charge in [-0.15, -0.1) is 24.2 Å². The molecular formula is C14H22BrClN2OS. The standard InChI is InChI=1S/C14H21BrN2OS.ClH/c1-9-6-12(10(2)5-11(9)15)19-7-13(18)17-14(3,4)8-16;/h5-6H,7-8,16H2,1-4H3,(H,17,18);1H. The van der Waals surface area contributed by atoms with E-state index in [1.807, 2.05) is 27.7 Å². The predicted molar refractivity (Wildman–Crippen MR) is 92.9 cm³/mol. The van der Waals surface area contributed by atoms with Gasteiger partial charge in [0.25, 0.3) is 0 Å². The van der Waals surface area contributed by atoms with Crippen LogP contribution in [0.4, 0.5) is 0 Å². The largest absolute Gasteiger partial charge is 0.349 e. The fourth-order valence-electron chi connectivity index (χ4n) is 1.52. The van der Waals surface area contributed by atoms with Crippen molar-refractivity contribution in [2.45, 2.75) is 38.1 Å². The Hall–Kier alpha value is -0.230. The molecule has 1 rings (SSSR count). The summed E-state index contributed by atoms with van der Waals surface area (Å²) < 4.78 is 1.10. The molecule has 6 heteroatoms. The average Bonchev–Trinajstić information content (AvgIpc) is 2.31. The monoisotopic (exact) mass is 380 g/mol. The van der Waals surface area contributed by atoms with Crippen molar-refractivity contribution in [1.82, 2.24) is 5.32 Å². The fraction of sp³-hybridized carbons (Fsp3) is 0.500. The second kappa shape index (κ2) is 8.27. The van der Waals surface area contributed by atoms with E-state index < -0.39 is 0 Å². The molecule has 114 valence electrons. The number of amides is 1. The smallest absolute Gasteiger partial charge is 0.230 e. The second-order valence-electron chi connectivity index (χ2n) is 5.29. The number of aryl methyl sites for hydroxylation is 2. The van der Waals surface area contributed by atoms with Crippen LogP contribution in [-0.2, 0) is 4.79 Å². The van der Waals surface area contributed by atoms with E-state index in [2.05, 4.69) is 33.4 Å². The van der Waals surface area contributed by atoms with Gasteiger partial charge in [0.15, 0.2) is 0 Å². The topological polar surface area (TPSA) is 55.1 Å². The van der Waals surface area contributed by atoms with Crippen molar-refractivity contribution in [3.8, 4) is 0 Å². The van der Waals surface area contributed by atoms with Crippen LogP contribution in [0.2, 0.25) is 0 Å². The molecule has 0 spiro atoms. The minimum atomic E-state index is -0.345. The molecule has 0 saturated carbocycles. The minimum Gasteiger partial charge on any atom is -0.349 e. The van der Waals surface area contributed by atoms with E-state index in [9.17, 15) is 4.79 Å². The van der Waals surface area contributed by atoms with Crippen LogP contribution in [0.25, 0.3) is 0 Å². The Labute approximate surface area is 140 Å². The SMILES string of the molecule is Cc1cc(SCC(=O)NC(C)(C)CN)c(C)cc1Br.Cl. The number of benzene rings is 1. The molecule has 1 aromatic rings. The maximum absolute atomic E-state index is 11.9. The van der Waals surface area contributed by atoms with Crippen molar-refractivity contribution in [3.05, 3.63) is 27.7 Å². The van der Waals surface area contributed by atoms with Crippen LogP contribution in [0.5, 0.6) is 0 Å². The highest BCUT2D eigenvalue weighted by atomic mass is 79.9. The van der Waals surface area contributed by atoms with Gasteiger partial charge in [-0.05, 0) is 51.0 Å². The van der Waals surface area contributed by atoms with Gasteiger partial charge < -0.3 is 11.1 Å². The Balaban J connectivity index is 0.00000361. The highest BCUT2D eigenvalue weighted by Crippen LogP contribution is 2.28. The molecule has 0 aliphatic rings. The molecular weight excluding hydrogens is 360 g/mol. The Kier molecular flexibility index (Phi) is 8.18. The summed E-state index contributed by atoms with van der Waals surface area (Å²) >= 11 is 5.06. The van der Waals surface area contributed by atoms with Gasteiger partial charge in [-0.2, -0.15) is 0 Å². The number of hydrogen-bond donors (Lipinski definition) is 2. The van der Waals surface area contributed by atoms with Gasteiger partial charge in [-0.1, -0.05) is 15.9 Å². The van der Waals surface area contributed by atoms with Crippen molar-refractivity contribution < 1.29 is 4.79 Å². The van der Waals surface area contributed by atoms with Crippen LogP contribution in [0.15, 0.2) is 21.5 Å². The molecule has 0 bridgehead atoms. The van der Waals surface area contributed by atoms with Gasteiger partial charge in [-0.25, -0.2) is 0 Å². The molecule has 0 atom stereocenters. The van der Waals surface area contributed by atoms with Gasteiger partial charge in [0, 0.05) is 21.5 Å². The molecule has 0 unspecified atom stereocenters. The quantitative estimate of drug-likeness (QED) is 0.768. The maximum atomic E-state index is 11.9. The van der Waals surface area contributed by atoms with Crippen LogP contribution in [-0.4, -0.2) is 23.7 Å². The van der Waals surface area contributed by atoms with E-state index in [-0.39, 0.29) is 23.9 Å². The van der Waals surface area contributed by atoms with Gasteiger partial charge >= 0.3 is 0 Å². The maximum Gasteiger partial charge on any atom is 0.230 e. The van der Waals surface area contributed by atoms with Crippen LogP contribution in [0.1, 0.15) is 25.0 Å². The van der Waals surface area contributed by atoms with Gasteiger partial charge in [0.1, 0.15) is 0 Å². The predicted octanol–water partition coefficient (Wildman–Crippen LogP) is 3.43. The number of hydrogen-bond acceptors (Lipinski definition) is 3. The first kappa shape index (κ1) is 19.8. The molecule has 20 heavy (non-hydrogen) atoms. The molecule has 0 fully saturated rings. The average molecular weight is 382 g/mol. The first-order valence-corrected chi connectivity index (χ1v) is 7.93. The summed E-state index contributed by atoms with van der Waals surface area (Å²) in [6.45, 7) is 8.37. The van der Waals surface area contributed by atoms with Crippen molar-refractivity contribution in [2.75, 3.05) is 12.3 Å². The Morgan fingerprint density at radius 2 is 1.95 bits per heavy atom. The number of carbonyl (C=O) groups excluding carboxylic acids is 1. The zero-order valence-corrected chi connectivity index (χ0v) is 15.5. The summed E-state index contributed by atoms with van der Waals surface area (Å²) in [6.07, 6.45) is 0. The van der Waals surface area contributed by atoms with Crippen molar-refractivity contribution in [1.29, 1.82) is 0 Å². The van der Waals surface area contributed by atoms with E-state index in [0.29, 0.717) is 12.3 Å². The minimum absolute atomic E-state index is 0. The van der Waals surface area contributed by atoms with Crippen LogP contribution in [0, 0.1) is 13.8 Å². The summed E-state index contributed by atoms with van der Waals surface area (Å²) in [6, 6.07) is 4.19. The summed E-state index contributed by atoms with van der Waals surface area (Å²) in [5.41, 5.74) is 7.60. The third-order valence-electron chi connectivity index (χ3n) is 2.80. The first-order chi connectivity index (χ1) is 8.75. The number of carbonyl (C=O) groups is 1. The lowest BCUT2D eigenvalue weighted by Gasteiger charge is -2.24. The first-order valence-electron chi connectivity index (χ1n) is 6.16. The molecule has 0 heterocycles. The Morgan fingerprint density at radius 1 is 1.35 bits per heavy atom. The van der Waals surface area contributed by atoms with Gasteiger partial charge in [0.2, 0.25) is 5.91 Å². The summed E-state index contributed by atoms with van der Waals surface area (Å²) in [7, 11) is 0. The van der Waals surface area contributed by atoms with Gasteiger partial charge in [0.05, 0.1) is 5.75 Å². The van der Waals surface area contributed by atoms with E-state index >= 15 is 0 Å². The fourth-order valence-corrected chi connectivity index (χ4v) is 2.88. The van der Waals surface area contributed by atoms with Gasteiger partial charge in [-0.3, -0.25) is 4.79 Å². The van der Waals surface area contributed by atoms with E-state index in [1.165, 1.54) is 11.1 Å².